The number of Topliss-reactive ketones (excluding diaryl/α,β-unsaturated/α-hetero) is 3. The molecule has 0 aliphatic rings. The second kappa shape index (κ2) is 16.2. The van der Waals surface area contributed by atoms with Gasteiger partial charge < -0.3 is 30.2 Å². The molecular weight excluding hydrogens is 666 g/mol. The van der Waals surface area contributed by atoms with Crippen LogP contribution < -0.4 is 16.0 Å². The third-order valence-corrected chi connectivity index (χ3v) is 7.09. The Morgan fingerprint density at radius 3 is 0.863 bits per heavy atom. The zero-order valence-electron chi connectivity index (χ0n) is 27.1. The summed E-state index contributed by atoms with van der Waals surface area (Å²) in [7, 11) is 3.04. The lowest BCUT2D eigenvalue weighted by Crippen LogP contribution is -2.23. The molecule has 0 spiro atoms. The maximum Gasteiger partial charge on any atom is 0.379 e. The van der Waals surface area contributed by atoms with Gasteiger partial charge >= 0.3 is 17.9 Å². The highest BCUT2D eigenvalue weighted by Gasteiger charge is 2.25. The molecule has 51 heavy (non-hydrogen) atoms. The van der Waals surface area contributed by atoms with E-state index in [4.69, 9.17) is 0 Å². The molecule has 15 heteroatoms. The Labute approximate surface area is 288 Å². The average Bonchev–Trinajstić information content (AvgIpc) is 3.16. The van der Waals surface area contributed by atoms with Gasteiger partial charge in [0.05, 0.1) is 55.1 Å². The zero-order chi connectivity index (χ0) is 37.2. The Morgan fingerprint density at radius 1 is 0.392 bits per heavy atom. The Balaban J connectivity index is 1.77. The van der Waals surface area contributed by atoms with Crippen LogP contribution in [0.2, 0.25) is 0 Å². The highest BCUT2D eigenvalue weighted by atomic mass is 16.5. The summed E-state index contributed by atoms with van der Waals surface area (Å²) < 4.78 is 13.5. The minimum absolute atomic E-state index is 0.0933. The molecule has 3 amide bonds. The molecule has 0 aliphatic carbocycles. The van der Waals surface area contributed by atoms with Crippen LogP contribution in [-0.4, -0.2) is 74.3 Å². The fourth-order valence-electron chi connectivity index (χ4n) is 4.58. The van der Waals surface area contributed by atoms with Crippen LogP contribution in [0.3, 0.4) is 0 Å². The van der Waals surface area contributed by atoms with E-state index in [1.54, 1.807) is 0 Å². The number of para-hydroxylation sites is 3. The second-order valence-electron chi connectivity index (χ2n) is 10.3. The quantitative estimate of drug-likeness (QED) is 0.0841. The van der Waals surface area contributed by atoms with Crippen LogP contribution in [-0.2, 0) is 28.6 Å². The number of esters is 3. The van der Waals surface area contributed by atoms with E-state index in [9.17, 15) is 43.2 Å². The number of rotatable bonds is 12. The summed E-state index contributed by atoms with van der Waals surface area (Å²) >= 11 is 0. The van der Waals surface area contributed by atoms with Gasteiger partial charge in [0.25, 0.3) is 35.1 Å². The molecule has 0 fully saturated rings. The van der Waals surface area contributed by atoms with Crippen LogP contribution in [0.25, 0.3) is 0 Å². The molecule has 0 aliphatic heterocycles. The van der Waals surface area contributed by atoms with Gasteiger partial charge in [-0.3, -0.25) is 28.8 Å². The normalized spacial score (nSPS) is 10.2. The van der Waals surface area contributed by atoms with Crippen molar-refractivity contribution < 1.29 is 57.4 Å². The highest BCUT2D eigenvalue weighted by Crippen LogP contribution is 2.23. The SMILES string of the molecule is COC(=O)C(=O)c1ccccc1NC(=O)c1cc(C(=O)Nc2ccccc2C(=O)C(=O)OC)cc(C(=O)Nc2ccccc2C(=O)C(=O)OC)c1. The summed E-state index contributed by atoms with van der Waals surface area (Å²) in [6, 6.07) is 19.9. The van der Waals surface area contributed by atoms with Crippen molar-refractivity contribution in [1.82, 2.24) is 0 Å². The van der Waals surface area contributed by atoms with Crippen molar-refractivity contribution in [2.24, 2.45) is 0 Å². The molecule has 0 saturated heterocycles. The van der Waals surface area contributed by atoms with E-state index in [1.807, 2.05) is 0 Å². The van der Waals surface area contributed by atoms with Gasteiger partial charge in [-0.25, -0.2) is 14.4 Å². The van der Waals surface area contributed by atoms with Gasteiger partial charge in [0.15, 0.2) is 0 Å². The zero-order valence-corrected chi connectivity index (χ0v) is 27.1. The molecule has 258 valence electrons. The second-order valence-corrected chi connectivity index (χ2v) is 10.3. The fourth-order valence-corrected chi connectivity index (χ4v) is 4.58. The molecule has 0 aromatic heterocycles. The van der Waals surface area contributed by atoms with Crippen molar-refractivity contribution in [2.75, 3.05) is 37.3 Å². The van der Waals surface area contributed by atoms with E-state index >= 15 is 0 Å². The fraction of sp³-hybridized carbons (Fsp3) is 0.0833. The minimum Gasteiger partial charge on any atom is -0.463 e. The molecule has 0 unspecified atom stereocenters. The summed E-state index contributed by atoms with van der Waals surface area (Å²) in [5.74, 6) is -9.50. The molecule has 4 aromatic rings. The number of carbonyl (C=O) groups excluding carboxylic acids is 9. The first-order valence-corrected chi connectivity index (χ1v) is 14.6. The molecule has 0 heterocycles. The number of benzene rings is 4. The van der Waals surface area contributed by atoms with Gasteiger partial charge in [-0.1, -0.05) is 36.4 Å². The van der Waals surface area contributed by atoms with Crippen LogP contribution in [0.5, 0.6) is 0 Å². The Hall–Kier alpha value is -7.29. The van der Waals surface area contributed by atoms with Crippen molar-refractivity contribution in [3.8, 4) is 0 Å². The molecular formula is C36H27N3O12. The Bertz CT molecular complexity index is 1870. The van der Waals surface area contributed by atoms with E-state index in [0.29, 0.717) is 0 Å². The van der Waals surface area contributed by atoms with Gasteiger partial charge in [0.2, 0.25) is 0 Å². The first-order chi connectivity index (χ1) is 24.4. The van der Waals surface area contributed by atoms with Crippen molar-refractivity contribution in [2.45, 2.75) is 0 Å². The van der Waals surface area contributed by atoms with Crippen LogP contribution in [0.4, 0.5) is 17.1 Å². The minimum atomic E-state index is -1.19. The third-order valence-electron chi connectivity index (χ3n) is 7.09. The van der Waals surface area contributed by atoms with Crippen LogP contribution >= 0.6 is 0 Å². The molecule has 0 atom stereocenters. The predicted molar refractivity (Wildman–Crippen MR) is 179 cm³/mol. The number of nitrogens with one attached hydrogen (secondary N) is 3. The number of ketones is 3. The number of anilines is 3. The number of carbonyl (C=O) groups is 9. The maximum absolute atomic E-state index is 13.6. The molecule has 4 rings (SSSR count). The van der Waals surface area contributed by atoms with Gasteiger partial charge in [-0.05, 0) is 54.6 Å². The lowest BCUT2D eigenvalue weighted by Gasteiger charge is -2.14. The largest absolute Gasteiger partial charge is 0.463 e. The van der Waals surface area contributed by atoms with E-state index in [2.05, 4.69) is 30.2 Å². The summed E-state index contributed by atoms with van der Waals surface area (Å²) in [6.45, 7) is 0. The van der Waals surface area contributed by atoms with E-state index in [0.717, 1.165) is 39.5 Å². The Kier molecular flexibility index (Phi) is 11.6. The number of ether oxygens (including phenoxy) is 3. The van der Waals surface area contributed by atoms with Crippen molar-refractivity contribution >= 4 is 70.0 Å². The summed E-state index contributed by atoms with van der Waals surface area (Å²) in [5, 5.41) is 7.44. The lowest BCUT2D eigenvalue weighted by atomic mass is 10.0. The monoisotopic (exact) mass is 693 g/mol. The van der Waals surface area contributed by atoms with E-state index < -0.39 is 53.0 Å². The summed E-state index contributed by atoms with van der Waals surface area (Å²) in [4.78, 5) is 114. The number of hydrogen-bond acceptors (Lipinski definition) is 12. The molecule has 0 saturated carbocycles. The van der Waals surface area contributed by atoms with Gasteiger partial charge in [-0.2, -0.15) is 0 Å². The predicted octanol–water partition coefficient (Wildman–Crippen LogP) is 3.51. The van der Waals surface area contributed by atoms with E-state index in [-0.39, 0.29) is 50.4 Å². The highest BCUT2D eigenvalue weighted by molar-refractivity contribution is 6.43. The Morgan fingerprint density at radius 2 is 0.627 bits per heavy atom. The summed E-state index contributed by atoms with van der Waals surface area (Å²) in [6.07, 6.45) is 0. The van der Waals surface area contributed by atoms with Gasteiger partial charge in [-0.15, -0.1) is 0 Å². The van der Waals surface area contributed by atoms with E-state index in [1.165, 1.54) is 72.8 Å². The van der Waals surface area contributed by atoms with Gasteiger partial charge in [0.1, 0.15) is 0 Å². The maximum atomic E-state index is 13.6. The third kappa shape index (κ3) is 8.42. The molecule has 0 radical (unpaired) electrons. The van der Waals surface area contributed by atoms with Gasteiger partial charge in [0, 0.05) is 16.7 Å². The van der Waals surface area contributed by atoms with Crippen LogP contribution in [0.1, 0.15) is 62.1 Å². The molecule has 15 nitrogen and oxygen atoms in total. The number of amides is 3. The smallest absolute Gasteiger partial charge is 0.379 e. The van der Waals surface area contributed by atoms with Crippen molar-refractivity contribution in [3.05, 3.63) is 124 Å². The van der Waals surface area contributed by atoms with Crippen LogP contribution in [0, 0.1) is 0 Å². The number of methoxy groups -OCH3 is 3. The molecule has 4 aromatic carbocycles. The lowest BCUT2D eigenvalue weighted by molar-refractivity contribution is -0.135. The molecule has 3 N–H and O–H groups in total. The number of hydrogen-bond donors (Lipinski definition) is 3. The van der Waals surface area contributed by atoms with Crippen molar-refractivity contribution in [1.29, 1.82) is 0 Å². The van der Waals surface area contributed by atoms with Crippen molar-refractivity contribution in [3.63, 3.8) is 0 Å². The summed E-state index contributed by atoms with van der Waals surface area (Å²) in [5.41, 5.74) is -1.75. The first kappa shape index (κ1) is 36.5. The average molecular weight is 694 g/mol. The standard InChI is InChI=1S/C36H27N3O12/c1-49-34(46)28(40)22-10-4-7-13-25(22)37-31(43)19-16-20(32(44)38-26-14-8-5-11-23(26)29(41)35(47)50-2)18-21(17-19)33(45)39-27-15-9-6-12-24(27)30(42)36(48)51-3/h4-18H,1-3H3,(H,37,43)(H,38,44)(H,39,45). The van der Waals surface area contributed by atoms with Crippen LogP contribution in [0.15, 0.2) is 91.0 Å². The molecule has 0 bridgehead atoms. The topological polar surface area (TPSA) is 217 Å². The first-order valence-electron chi connectivity index (χ1n) is 14.6.